The average molecular weight is 216 g/mol. The molecule has 2 N–H and O–H groups in total. The van der Waals surface area contributed by atoms with Crippen LogP contribution in [-0.2, 0) is 9.59 Å². The van der Waals surface area contributed by atoms with Crippen molar-refractivity contribution in [2.75, 3.05) is 12.3 Å². The lowest BCUT2D eigenvalue weighted by atomic mass is 10.3. The first-order valence-corrected chi connectivity index (χ1v) is 5.80. The Morgan fingerprint density at radius 1 is 1.57 bits per heavy atom. The van der Waals surface area contributed by atoms with Crippen LogP contribution in [0.25, 0.3) is 0 Å². The normalized spacial score (nSPS) is 22.6. The maximum atomic E-state index is 11.7. The first-order chi connectivity index (χ1) is 6.57. The van der Waals surface area contributed by atoms with E-state index in [0.717, 1.165) is 5.75 Å². The van der Waals surface area contributed by atoms with Gasteiger partial charge in [-0.05, 0) is 13.8 Å². The summed E-state index contributed by atoms with van der Waals surface area (Å²) in [6.45, 7) is 4.25. The number of amides is 2. The molecular formula is C9H16N2O2S. The van der Waals surface area contributed by atoms with Crippen molar-refractivity contribution < 1.29 is 9.59 Å². The molecule has 1 unspecified atom stereocenters. The van der Waals surface area contributed by atoms with Crippen LogP contribution in [-0.4, -0.2) is 40.3 Å². The van der Waals surface area contributed by atoms with Gasteiger partial charge in [0.05, 0.1) is 5.25 Å². The molecule has 0 radical (unpaired) electrons. The monoisotopic (exact) mass is 216 g/mol. The zero-order valence-electron chi connectivity index (χ0n) is 8.53. The SMILES string of the molecule is CC(C)N1C(=O)CC(SCCN)C1=O. The van der Waals surface area contributed by atoms with Crippen LogP contribution in [0.2, 0.25) is 0 Å². The molecule has 14 heavy (non-hydrogen) atoms. The minimum atomic E-state index is -0.201. The van der Waals surface area contributed by atoms with Crippen molar-refractivity contribution in [3.05, 3.63) is 0 Å². The Balaban J connectivity index is 2.60. The second-order valence-corrected chi connectivity index (χ2v) is 4.86. The molecule has 2 amide bonds. The molecule has 80 valence electrons. The van der Waals surface area contributed by atoms with Crippen LogP contribution in [0.4, 0.5) is 0 Å². The Morgan fingerprint density at radius 3 is 2.64 bits per heavy atom. The predicted octanol–water partition coefficient (Wildman–Crippen LogP) is 0.214. The molecule has 5 heteroatoms. The Morgan fingerprint density at radius 2 is 2.21 bits per heavy atom. The van der Waals surface area contributed by atoms with Crippen LogP contribution in [0.1, 0.15) is 20.3 Å². The third-order valence-electron chi connectivity index (χ3n) is 2.09. The average Bonchev–Trinajstić information content (AvgIpc) is 2.38. The highest BCUT2D eigenvalue weighted by Gasteiger charge is 2.39. The third kappa shape index (κ3) is 2.27. The van der Waals surface area contributed by atoms with E-state index in [9.17, 15) is 9.59 Å². The third-order valence-corrected chi connectivity index (χ3v) is 3.34. The van der Waals surface area contributed by atoms with Gasteiger partial charge in [-0.15, -0.1) is 11.8 Å². The molecule has 0 aromatic carbocycles. The number of rotatable bonds is 4. The molecule has 1 atom stereocenters. The fourth-order valence-corrected chi connectivity index (χ4v) is 2.44. The maximum absolute atomic E-state index is 11.7. The van der Waals surface area contributed by atoms with Gasteiger partial charge in [0.1, 0.15) is 0 Å². The molecule has 1 rings (SSSR count). The van der Waals surface area contributed by atoms with Crippen molar-refractivity contribution in [2.45, 2.75) is 31.6 Å². The van der Waals surface area contributed by atoms with E-state index in [2.05, 4.69) is 0 Å². The molecule has 0 saturated carbocycles. The van der Waals surface area contributed by atoms with Gasteiger partial charge < -0.3 is 5.73 Å². The topological polar surface area (TPSA) is 63.4 Å². The fourth-order valence-electron chi connectivity index (χ4n) is 1.51. The minimum absolute atomic E-state index is 0.0292. The summed E-state index contributed by atoms with van der Waals surface area (Å²) in [5.74, 6) is 0.623. The van der Waals surface area contributed by atoms with Crippen LogP contribution >= 0.6 is 11.8 Å². The Bertz CT molecular complexity index is 243. The summed E-state index contributed by atoms with van der Waals surface area (Å²) in [6, 6.07) is -0.0292. The maximum Gasteiger partial charge on any atom is 0.243 e. The molecule has 4 nitrogen and oxygen atoms in total. The number of carbonyl (C=O) groups is 2. The van der Waals surface area contributed by atoms with Crippen molar-refractivity contribution in [1.29, 1.82) is 0 Å². The summed E-state index contributed by atoms with van der Waals surface area (Å²) < 4.78 is 0. The van der Waals surface area contributed by atoms with Crippen LogP contribution < -0.4 is 5.73 Å². The first kappa shape index (κ1) is 11.5. The van der Waals surface area contributed by atoms with Crippen molar-refractivity contribution in [1.82, 2.24) is 4.90 Å². The van der Waals surface area contributed by atoms with Gasteiger partial charge in [-0.1, -0.05) is 0 Å². The second kappa shape index (κ2) is 4.79. The highest BCUT2D eigenvalue weighted by atomic mass is 32.2. The lowest BCUT2D eigenvalue weighted by molar-refractivity contribution is -0.140. The van der Waals surface area contributed by atoms with Crippen LogP contribution in [0.5, 0.6) is 0 Å². The molecule has 0 spiro atoms. The standard InChI is InChI=1S/C9H16N2O2S/c1-6(2)11-8(12)5-7(9(11)13)14-4-3-10/h6-7H,3-5,10H2,1-2H3. The van der Waals surface area contributed by atoms with Gasteiger partial charge in [-0.2, -0.15) is 0 Å². The predicted molar refractivity (Wildman–Crippen MR) is 56.9 cm³/mol. The van der Waals surface area contributed by atoms with Crippen molar-refractivity contribution in [3.8, 4) is 0 Å². The lowest BCUT2D eigenvalue weighted by Crippen LogP contribution is -2.37. The van der Waals surface area contributed by atoms with Gasteiger partial charge in [-0.3, -0.25) is 14.5 Å². The molecule has 0 aliphatic carbocycles. The molecule has 0 aromatic rings. The highest BCUT2D eigenvalue weighted by molar-refractivity contribution is 8.00. The van der Waals surface area contributed by atoms with E-state index in [1.54, 1.807) is 0 Å². The Hall–Kier alpha value is -0.550. The molecule has 1 heterocycles. The van der Waals surface area contributed by atoms with Gasteiger partial charge >= 0.3 is 0 Å². The molecule has 1 aliphatic heterocycles. The van der Waals surface area contributed by atoms with E-state index < -0.39 is 0 Å². The number of carbonyl (C=O) groups excluding carboxylic acids is 2. The van der Waals surface area contributed by atoms with E-state index in [1.165, 1.54) is 16.7 Å². The molecule has 1 aliphatic rings. The van der Waals surface area contributed by atoms with Gasteiger partial charge in [0.2, 0.25) is 11.8 Å². The van der Waals surface area contributed by atoms with E-state index in [0.29, 0.717) is 13.0 Å². The van der Waals surface area contributed by atoms with Gasteiger partial charge in [-0.25, -0.2) is 0 Å². The van der Waals surface area contributed by atoms with Gasteiger partial charge in [0.15, 0.2) is 0 Å². The summed E-state index contributed by atoms with van der Waals surface area (Å²) in [5, 5.41) is -0.201. The fraction of sp³-hybridized carbons (Fsp3) is 0.778. The molecule has 0 bridgehead atoms. The summed E-state index contributed by atoms with van der Waals surface area (Å²) >= 11 is 1.48. The van der Waals surface area contributed by atoms with Crippen molar-refractivity contribution in [2.24, 2.45) is 5.73 Å². The number of imide groups is 1. The summed E-state index contributed by atoms with van der Waals surface area (Å²) in [4.78, 5) is 24.5. The summed E-state index contributed by atoms with van der Waals surface area (Å²) in [7, 11) is 0. The van der Waals surface area contributed by atoms with E-state index >= 15 is 0 Å². The summed E-state index contributed by atoms with van der Waals surface area (Å²) in [6.07, 6.45) is 0.335. The van der Waals surface area contributed by atoms with Crippen LogP contribution in [0, 0.1) is 0 Å². The zero-order chi connectivity index (χ0) is 10.7. The quantitative estimate of drug-likeness (QED) is 0.683. The van der Waals surface area contributed by atoms with Crippen molar-refractivity contribution >= 4 is 23.6 Å². The number of nitrogens with two attached hydrogens (primary N) is 1. The first-order valence-electron chi connectivity index (χ1n) is 4.75. The van der Waals surface area contributed by atoms with Gasteiger partial charge in [0, 0.05) is 24.8 Å². The number of thioether (sulfide) groups is 1. The Labute approximate surface area is 88.2 Å². The smallest absolute Gasteiger partial charge is 0.243 e. The largest absolute Gasteiger partial charge is 0.330 e. The molecule has 1 saturated heterocycles. The molecule has 1 fully saturated rings. The van der Waals surface area contributed by atoms with Crippen LogP contribution in [0.15, 0.2) is 0 Å². The number of nitrogens with zero attached hydrogens (tertiary/aromatic N) is 1. The number of likely N-dealkylation sites (tertiary alicyclic amines) is 1. The Kier molecular flexibility index (Phi) is 3.95. The van der Waals surface area contributed by atoms with E-state index in [-0.39, 0.29) is 23.1 Å². The second-order valence-electron chi connectivity index (χ2n) is 3.55. The lowest BCUT2D eigenvalue weighted by Gasteiger charge is -2.18. The molecule has 0 aromatic heterocycles. The number of hydrogen-bond acceptors (Lipinski definition) is 4. The van der Waals surface area contributed by atoms with Crippen molar-refractivity contribution in [3.63, 3.8) is 0 Å². The summed E-state index contributed by atoms with van der Waals surface area (Å²) in [5.41, 5.74) is 5.35. The van der Waals surface area contributed by atoms with E-state index in [4.69, 9.17) is 5.73 Å². The highest BCUT2D eigenvalue weighted by Crippen LogP contribution is 2.26. The van der Waals surface area contributed by atoms with Crippen LogP contribution in [0.3, 0.4) is 0 Å². The van der Waals surface area contributed by atoms with E-state index in [1.807, 2.05) is 13.8 Å². The minimum Gasteiger partial charge on any atom is -0.330 e. The number of hydrogen-bond donors (Lipinski definition) is 1. The van der Waals surface area contributed by atoms with Gasteiger partial charge in [0.25, 0.3) is 0 Å². The molecular weight excluding hydrogens is 200 g/mol. The zero-order valence-corrected chi connectivity index (χ0v) is 9.34.